The van der Waals surface area contributed by atoms with E-state index >= 15 is 0 Å². The van der Waals surface area contributed by atoms with Gasteiger partial charge in [0.1, 0.15) is 0 Å². The fraction of sp³-hybridized carbons (Fsp3) is 0.176. The van der Waals surface area contributed by atoms with E-state index < -0.39 is 28.5 Å². The van der Waals surface area contributed by atoms with Crippen molar-refractivity contribution < 1.29 is 22.7 Å². The lowest BCUT2D eigenvalue weighted by atomic mass is 10.2. The highest BCUT2D eigenvalue weighted by Crippen LogP contribution is 2.18. The number of carbonyl (C=O) groups excluding carboxylic acids is 2. The molecule has 0 spiro atoms. The molecule has 0 aliphatic heterocycles. The van der Waals surface area contributed by atoms with Gasteiger partial charge in [0.2, 0.25) is 10.0 Å². The van der Waals surface area contributed by atoms with Gasteiger partial charge in [-0.15, -0.1) is 0 Å². The van der Waals surface area contributed by atoms with Gasteiger partial charge in [0.15, 0.2) is 6.61 Å². The third-order valence-corrected chi connectivity index (χ3v) is 5.47. The highest BCUT2D eigenvalue weighted by Gasteiger charge is 2.18. The van der Waals surface area contributed by atoms with Crippen molar-refractivity contribution in [3.05, 3.63) is 59.1 Å². The van der Waals surface area contributed by atoms with E-state index in [2.05, 4.69) is 5.32 Å². The lowest BCUT2D eigenvalue weighted by Gasteiger charge is -2.12. The molecule has 0 aromatic heterocycles. The maximum Gasteiger partial charge on any atom is 0.340 e. The number of carbonyl (C=O) groups is 2. The molecule has 26 heavy (non-hydrogen) atoms. The zero-order valence-corrected chi connectivity index (χ0v) is 15.7. The first-order chi connectivity index (χ1) is 12.2. The molecule has 2 aromatic rings. The van der Waals surface area contributed by atoms with Gasteiger partial charge in [-0.2, -0.15) is 0 Å². The summed E-state index contributed by atoms with van der Waals surface area (Å²) in [5.74, 6) is -1.33. The van der Waals surface area contributed by atoms with Crippen LogP contribution in [0.5, 0.6) is 0 Å². The second kappa shape index (κ2) is 8.31. The zero-order valence-electron chi connectivity index (χ0n) is 14.1. The van der Waals surface area contributed by atoms with E-state index in [4.69, 9.17) is 16.3 Å². The number of ether oxygens (including phenoxy) is 1. The Bertz CT molecular complexity index is 928. The molecule has 9 heteroatoms. The molecule has 1 amide bonds. The number of halogens is 1. The van der Waals surface area contributed by atoms with E-state index in [1.54, 1.807) is 12.1 Å². The minimum absolute atomic E-state index is 0.0355. The number of hydrogen-bond donors (Lipinski definition) is 1. The van der Waals surface area contributed by atoms with E-state index in [0.29, 0.717) is 0 Å². The number of amides is 1. The summed E-state index contributed by atoms with van der Waals surface area (Å²) < 4.78 is 30.2. The highest BCUT2D eigenvalue weighted by molar-refractivity contribution is 7.89. The van der Waals surface area contributed by atoms with Crippen molar-refractivity contribution in [2.75, 3.05) is 26.0 Å². The Morgan fingerprint density at radius 1 is 1.12 bits per heavy atom. The van der Waals surface area contributed by atoms with Crippen molar-refractivity contribution in [2.45, 2.75) is 4.90 Å². The predicted octanol–water partition coefficient (Wildman–Crippen LogP) is 2.39. The van der Waals surface area contributed by atoms with Crippen molar-refractivity contribution in [3.8, 4) is 0 Å². The molecule has 0 unspecified atom stereocenters. The summed E-state index contributed by atoms with van der Waals surface area (Å²) in [7, 11) is -0.797. The maximum atomic E-state index is 12.1. The Balaban J connectivity index is 2.00. The minimum atomic E-state index is -3.62. The zero-order chi connectivity index (χ0) is 19.3. The van der Waals surface area contributed by atoms with Crippen molar-refractivity contribution in [3.63, 3.8) is 0 Å². The van der Waals surface area contributed by atoms with Crippen LogP contribution in [0.3, 0.4) is 0 Å². The summed E-state index contributed by atoms with van der Waals surface area (Å²) in [6, 6.07) is 12.1. The summed E-state index contributed by atoms with van der Waals surface area (Å²) in [6.45, 7) is -0.533. The summed E-state index contributed by atoms with van der Waals surface area (Å²) in [5.41, 5.74) is 0.424. The molecule has 0 fully saturated rings. The number of benzene rings is 2. The molecule has 0 aliphatic carbocycles. The molecule has 0 saturated heterocycles. The van der Waals surface area contributed by atoms with Crippen molar-refractivity contribution in [1.82, 2.24) is 4.31 Å². The summed E-state index contributed by atoms with van der Waals surface area (Å²) in [5, 5.41) is 2.70. The molecule has 2 aromatic carbocycles. The first kappa shape index (κ1) is 19.9. The standard InChI is InChI=1S/C17H17ClN2O5S/c1-20(2)26(23,24)13-7-5-6-12(10-13)19-16(21)11-25-17(22)14-8-3-4-9-15(14)18/h3-10H,11H2,1-2H3,(H,19,21). The van der Waals surface area contributed by atoms with Gasteiger partial charge in [0.25, 0.3) is 5.91 Å². The molecule has 0 saturated carbocycles. The van der Waals surface area contributed by atoms with E-state index in [1.807, 2.05) is 0 Å². The molecule has 0 aliphatic rings. The quantitative estimate of drug-likeness (QED) is 0.757. The van der Waals surface area contributed by atoms with E-state index in [-0.39, 0.29) is 21.2 Å². The number of nitrogens with one attached hydrogen (secondary N) is 1. The summed E-state index contributed by atoms with van der Waals surface area (Å²) in [4.78, 5) is 23.9. The lowest BCUT2D eigenvalue weighted by Crippen LogP contribution is -2.23. The van der Waals surface area contributed by atoms with Crippen LogP contribution in [-0.4, -0.2) is 45.3 Å². The van der Waals surface area contributed by atoms with Crippen molar-refractivity contribution in [2.24, 2.45) is 0 Å². The second-order valence-corrected chi connectivity index (χ2v) is 7.98. The minimum Gasteiger partial charge on any atom is -0.452 e. The smallest absolute Gasteiger partial charge is 0.340 e. The van der Waals surface area contributed by atoms with Crippen LogP contribution in [0.25, 0.3) is 0 Å². The van der Waals surface area contributed by atoms with Gasteiger partial charge in [0, 0.05) is 19.8 Å². The average molecular weight is 397 g/mol. The van der Waals surface area contributed by atoms with Crippen LogP contribution >= 0.6 is 11.6 Å². The molecule has 0 radical (unpaired) electrons. The van der Waals surface area contributed by atoms with Crippen LogP contribution in [0.15, 0.2) is 53.4 Å². The molecule has 0 atom stereocenters. The second-order valence-electron chi connectivity index (χ2n) is 5.42. The Hall–Kier alpha value is -2.42. The van der Waals surface area contributed by atoms with Crippen LogP contribution in [0, 0.1) is 0 Å². The molecule has 0 heterocycles. The number of rotatable bonds is 6. The molecular weight excluding hydrogens is 380 g/mol. The fourth-order valence-electron chi connectivity index (χ4n) is 1.98. The number of hydrogen-bond acceptors (Lipinski definition) is 5. The van der Waals surface area contributed by atoms with Crippen LogP contribution in [0.2, 0.25) is 5.02 Å². The first-order valence-electron chi connectivity index (χ1n) is 7.46. The third kappa shape index (κ3) is 4.81. The molecule has 138 valence electrons. The Morgan fingerprint density at radius 2 is 1.81 bits per heavy atom. The molecule has 0 bridgehead atoms. The topological polar surface area (TPSA) is 92.8 Å². The van der Waals surface area contributed by atoms with Crippen LogP contribution in [-0.2, 0) is 19.6 Å². The summed E-state index contributed by atoms with van der Waals surface area (Å²) >= 11 is 5.89. The number of esters is 1. The molecular formula is C17H17ClN2O5S. The molecule has 2 rings (SSSR count). The monoisotopic (exact) mass is 396 g/mol. The van der Waals surface area contributed by atoms with Gasteiger partial charge in [-0.1, -0.05) is 29.8 Å². The van der Waals surface area contributed by atoms with Crippen LogP contribution < -0.4 is 5.32 Å². The van der Waals surface area contributed by atoms with Gasteiger partial charge in [-0.3, -0.25) is 4.79 Å². The van der Waals surface area contributed by atoms with Gasteiger partial charge in [-0.25, -0.2) is 17.5 Å². The Kier molecular flexibility index (Phi) is 6.36. The highest BCUT2D eigenvalue weighted by atomic mass is 35.5. The van der Waals surface area contributed by atoms with Crippen molar-refractivity contribution in [1.29, 1.82) is 0 Å². The number of sulfonamides is 1. The van der Waals surface area contributed by atoms with Gasteiger partial charge in [-0.05, 0) is 30.3 Å². The predicted molar refractivity (Wildman–Crippen MR) is 97.7 cm³/mol. The fourth-order valence-corrected chi connectivity index (χ4v) is 3.14. The van der Waals surface area contributed by atoms with E-state index in [1.165, 1.54) is 50.5 Å². The van der Waals surface area contributed by atoms with Gasteiger partial charge in [0.05, 0.1) is 15.5 Å². The first-order valence-corrected chi connectivity index (χ1v) is 9.27. The Morgan fingerprint density at radius 3 is 2.46 bits per heavy atom. The summed E-state index contributed by atoms with van der Waals surface area (Å²) in [6.07, 6.45) is 0. The van der Waals surface area contributed by atoms with Crippen LogP contribution in [0.4, 0.5) is 5.69 Å². The normalized spacial score (nSPS) is 11.2. The number of nitrogens with zero attached hydrogens (tertiary/aromatic N) is 1. The molecule has 7 nitrogen and oxygen atoms in total. The van der Waals surface area contributed by atoms with Gasteiger partial charge < -0.3 is 10.1 Å². The Labute approximate surface area is 156 Å². The van der Waals surface area contributed by atoms with Crippen LogP contribution in [0.1, 0.15) is 10.4 Å². The lowest BCUT2D eigenvalue weighted by molar-refractivity contribution is -0.119. The SMILES string of the molecule is CN(C)S(=O)(=O)c1cccc(NC(=O)COC(=O)c2ccccc2Cl)c1. The third-order valence-electron chi connectivity index (χ3n) is 3.32. The largest absolute Gasteiger partial charge is 0.452 e. The van der Waals surface area contributed by atoms with Gasteiger partial charge >= 0.3 is 5.97 Å². The molecule has 1 N–H and O–H groups in total. The maximum absolute atomic E-state index is 12.1. The van der Waals surface area contributed by atoms with E-state index in [0.717, 1.165) is 4.31 Å². The van der Waals surface area contributed by atoms with Crippen molar-refractivity contribution >= 4 is 39.2 Å². The average Bonchev–Trinajstić information content (AvgIpc) is 2.60. The number of anilines is 1. The van der Waals surface area contributed by atoms with E-state index in [9.17, 15) is 18.0 Å².